The number of nitrogens with zero attached hydrogens (tertiary/aromatic N) is 2. The number of benzene rings is 1. The van der Waals surface area contributed by atoms with Crippen LogP contribution >= 0.6 is 11.3 Å². The summed E-state index contributed by atoms with van der Waals surface area (Å²) in [4.78, 5) is 31.5. The molecule has 1 amide bonds. The number of thiophene rings is 1. The molecule has 3 aromatic heterocycles. The van der Waals surface area contributed by atoms with E-state index < -0.39 is 11.5 Å². The first kappa shape index (κ1) is 19.7. The minimum atomic E-state index is -0.652. The molecule has 4 rings (SSSR count). The Morgan fingerprint density at radius 3 is 2.87 bits per heavy atom. The van der Waals surface area contributed by atoms with Crippen molar-refractivity contribution in [2.24, 2.45) is 0 Å². The van der Waals surface area contributed by atoms with Gasteiger partial charge in [0.05, 0.1) is 18.2 Å². The van der Waals surface area contributed by atoms with Gasteiger partial charge in [0.25, 0.3) is 11.5 Å². The Hall–Kier alpha value is -3.65. The highest BCUT2D eigenvalue weighted by Crippen LogP contribution is 2.27. The summed E-state index contributed by atoms with van der Waals surface area (Å²) in [6, 6.07) is 14.1. The van der Waals surface area contributed by atoms with Crippen LogP contribution in [0.4, 0.5) is 0 Å². The number of amides is 1. The van der Waals surface area contributed by atoms with E-state index in [1.165, 1.54) is 17.9 Å². The molecule has 0 aliphatic rings. The van der Waals surface area contributed by atoms with Gasteiger partial charge in [-0.1, -0.05) is 12.1 Å². The number of aromatic nitrogens is 2. The SMILES string of the molecule is COc1cccc(-n2c(=O)c(C(=O)NCCc3cccs3)c(O)c3cccnc32)c1. The molecular formula is C22H19N3O4S. The molecule has 152 valence electrons. The lowest BCUT2D eigenvalue weighted by Gasteiger charge is -2.14. The second-order valence-corrected chi connectivity index (χ2v) is 7.56. The normalized spacial score (nSPS) is 10.8. The molecule has 0 radical (unpaired) electrons. The topological polar surface area (TPSA) is 93.5 Å². The van der Waals surface area contributed by atoms with Crippen molar-refractivity contribution in [2.45, 2.75) is 6.42 Å². The van der Waals surface area contributed by atoms with Crippen molar-refractivity contribution >= 4 is 28.3 Å². The molecule has 0 spiro atoms. The molecule has 8 heteroatoms. The van der Waals surface area contributed by atoms with Crippen molar-refractivity contribution in [3.63, 3.8) is 0 Å². The Kier molecular flexibility index (Phi) is 5.49. The van der Waals surface area contributed by atoms with Gasteiger partial charge >= 0.3 is 0 Å². The lowest BCUT2D eigenvalue weighted by molar-refractivity contribution is 0.0950. The number of hydrogen-bond donors (Lipinski definition) is 2. The van der Waals surface area contributed by atoms with Crippen LogP contribution in [0.1, 0.15) is 15.2 Å². The van der Waals surface area contributed by atoms with E-state index in [9.17, 15) is 14.7 Å². The number of aromatic hydroxyl groups is 1. The van der Waals surface area contributed by atoms with Crippen molar-refractivity contribution in [3.05, 3.63) is 80.9 Å². The molecule has 3 heterocycles. The average Bonchev–Trinajstić information content (AvgIpc) is 3.28. The predicted octanol–water partition coefficient (Wildman–Crippen LogP) is 3.13. The minimum Gasteiger partial charge on any atom is -0.506 e. The van der Waals surface area contributed by atoms with Crippen molar-refractivity contribution in [1.29, 1.82) is 0 Å². The van der Waals surface area contributed by atoms with Gasteiger partial charge in [0.15, 0.2) is 5.65 Å². The Morgan fingerprint density at radius 1 is 1.23 bits per heavy atom. The maximum Gasteiger partial charge on any atom is 0.273 e. The maximum absolute atomic E-state index is 13.3. The molecule has 0 atom stereocenters. The lowest BCUT2D eigenvalue weighted by Crippen LogP contribution is -2.34. The highest BCUT2D eigenvalue weighted by molar-refractivity contribution is 7.09. The van der Waals surface area contributed by atoms with Crippen LogP contribution in [-0.2, 0) is 6.42 Å². The van der Waals surface area contributed by atoms with E-state index in [0.29, 0.717) is 29.8 Å². The summed E-state index contributed by atoms with van der Waals surface area (Å²) in [5, 5.41) is 15.7. The van der Waals surface area contributed by atoms with Gasteiger partial charge in [0.2, 0.25) is 0 Å². The van der Waals surface area contributed by atoms with E-state index in [0.717, 1.165) is 4.88 Å². The molecular weight excluding hydrogens is 402 g/mol. The molecule has 1 aromatic carbocycles. The third-order valence-corrected chi connectivity index (χ3v) is 5.62. The molecule has 0 saturated heterocycles. The van der Waals surface area contributed by atoms with Gasteiger partial charge in [-0.15, -0.1) is 11.3 Å². The Balaban J connectivity index is 1.80. The lowest BCUT2D eigenvalue weighted by atomic mass is 10.1. The average molecular weight is 421 g/mol. The van der Waals surface area contributed by atoms with Crippen molar-refractivity contribution in [3.8, 4) is 17.2 Å². The van der Waals surface area contributed by atoms with E-state index in [1.54, 1.807) is 47.7 Å². The van der Waals surface area contributed by atoms with E-state index in [1.807, 2.05) is 17.5 Å². The molecule has 7 nitrogen and oxygen atoms in total. The van der Waals surface area contributed by atoms with Crippen LogP contribution in [0.25, 0.3) is 16.7 Å². The molecule has 0 aliphatic carbocycles. The summed E-state index contributed by atoms with van der Waals surface area (Å²) in [6.45, 7) is 0.350. The molecule has 0 fully saturated rings. The van der Waals surface area contributed by atoms with E-state index in [4.69, 9.17) is 4.74 Å². The fourth-order valence-electron chi connectivity index (χ4n) is 3.24. The Morgan fingerprint density at radius 2 is 2.10 bits per heavy atom. The highest BCUT2D eigenvalue weighted by atomic mass is 32.1. The van der Waals surface area contributed by atoms with Crippen molar-refractivity contribution < 1.29 is 14.6 Å². The first-order chi connectivity index (χ1) is 14.6. The van der Waals surface area contributed by atoms with Gasteiger partial charge in [0.1, 0.15) is 17.1 Å². The number of rotatable bonds is 6. The van der Waals surface area contributed by atoms with Gasteiger partial charge in [0, 0.05) is 23.7 Å². The largest absolute Gasteiger partial charge is 0.506 e. The van der Waals surface area contributed by atoms with Crippen LogP contribution in [0.2, 0.25) is 0 Å². The maximum atomic E-state index is 13.3. The quantitative estimate of drug-likeness (QED) is 0.499. The zero-order valence-electron chi connectivity index (χ0n) is 16.2. The van der Waals surface area contributed by atoms with Crippen LogP contribution in [0, 0.1) is 0 Å². The Labute approximate surface area is 176 Å². The smallest absolute Gasteiger partial charge is 0.273 e. The molecule has 0 aliphatic heterocycles. The molecule has 30 heavy (non-hydrogen) atoms. The zero-order chi connectivity index (χ0) is 21.1. The monoisotopic (exact) mass is 421 g/mol. The standard InChI is InChI=1S/C22H19N3O4S/c1-29-15-6-2-5-14(13-15)25-20-17(8-3-10-23-20)19(26)18(22(25)28)21(27)24-11-9-16-7-4-12-30-16/h2-8,10,12-13,26H,9,11H2,1H3,(H,24,27). The van der Waals surface area contributed by atoms with E-state index >= 15 is 0 Å². The van der Waals surface area contributed by atoms with Crippen LogP contribution in [0.5, 0.6) is 11.5 Å². The highest BCUT2D eigenvalue weighted by Gasteiger charge is 2.23. The summed E-state index contributed by atoms with van der Waals surface area (Å²) in [7, 11) is 1.53. The van der Waals surface area contributed by atoms with Crippen molar-refractivity contribution in [2.75, 3.05) is 13.7 Å². The molecule has 0 bridgehead atoms. The third kappa shape index (κ3) is 3.65. The van der Waals surface area contributed by atoms with Crippen LogP contribution < -0.4 is 15.6 Å². The fourth-order valence-corrected chi connectivity index (χ4v) is 3.95. The van der Waals surface area contributed by atoms with Gasteiger partial charge in [-0.3, -0.25) is 14.2 Å². The van der Waals surface area contributed by atoms with E-state index in [-0.39, 0.29) is 17.0 Å². The summed E-state index contributed by atoms with van der Waals surface area (Å²) in [5.74, 6) is -0.453. The van der Waals surface area contributed by atoms with Crippen LogP contribution in [0.3, 0.4) is 0 Å². The van der Waals surface area contributed by atoms with Gasteiger partial charge < -0.3 is 15.2 Å². The number of pyridine rings is 2. The van der Waals surface area contributed by atoms with E-state index in [2.05, 4.69) is 10.3 Å². The number of hydrogen-bond acceptors (Lipinski definition) is 6. The summed E-state index contributed by atoms with van der Waals surface area (Å²) in [5.41, 5.74) is -0.232. The second kappa shape index (κ2) is 8.38. The first-order valence-corrected chi connectivity index (χ1v) is 10.2. The van der Waals surface area contributed by atoms with Crippen LogP contribution in [0.15, 0.2) is 64.9 Å². The number of fused-ring (bicyclic) bond motifs is 1. The van der Waals surface area contributed by atoms with Gasteiger partial charge in [-0.05, 0) is 42.1 Å². The zero-order valence-corrected chi connectivity index (χ0v) is 17.0. The minimum absolute atomic E-state index is 0.253. The third-order valence-electron chi connectivity index (χ3n) is 4.68. The van der Waals surface area contributed by atoms with Gasteiger partial charge in [-0.25, -0.2) is 4.98 Å². The number of ether oxygens (including phenoxy) is 1. The number of carbonyl (C=O) groups excluding carboxylic acids is 1. The van der Waals surface area contributed by atoms with Crippen LogP contribution in [-0.4, -0.2) is 34.2 Å². The Bertz CT molecular complexity index is 1270. The molecule has 0 saturated carbocycles. The number of methoxy groups -OCH3 is 1. The number of carbonyl (C=O) groups is 1. The summed E-state index contributed by atoms with van der Waals surface area (Å²) >= 11 is 1.60. The molecule has 2 N–H and O–H groups in total. The number of nitrogens with one attached hydrogen (secondary N) is 1. The molecule has 4 aromatic rings. The fraction of sp³-hybridized carbons (Fsp3) is 0.136. The van der Waals surface area contributed by atoms with Crippen molar-refractivity contribution in [1.82, 2.24) is 14.9 Å². The predicted molar refractivity (Wildman–Crippen MR) is 116 cm³/mol. The van der Waals surface area contributed by atoms with Gasteiger partial charge in [-0.2, -0.15) is 0 Å². The summed E-state index contributed by atoms with van der Waals surface area (Å²) in [6.07, 6.45) is 2.17. The second-order valence-electron chi connectivity index (χ2n) is 6.53. The summed E-state index contributed by atoms with van der Waals surface area (Å²) < 4.78 is 6.57. The molecule has 0 unspecified atom stereocenters. The first-order valence-electron chi connectivity index (χ1n) is 9.28.